The van der Waals surface area contributed by atoms with Crippen molar-refractivity contribution in [2.45, 2.75) is 69.7 Å². The number of halogens is 2. The molecule has 8 nitrogen and oxygen atoms in total. The van der Waals surface area contributed by atoms with Crippen LogP contribution >= 0.6 is 35.1 Å². The summed E-state index contributed by atoms with van der Waals surface area (Å²) in [5.74, 6) is 0.258. The zero-order valence-electron chi connectivity index (χ0n) is 29.3. The van der Waals surface area contributed by atoms with E-state index >= 15 is 0 Å². The molecule has 0 bridgehead atoms. The fraction of sp³-hybridized carbons (Fsp3) is 0.583. The van der Waals surface area contributed by atoms with Gasteiger partial charge in [-0.25, -0.2) is 0 Å². The van der Waals surface area contributed by atoms with Crippen molar-refractivity contribution in [2.75, 3.05) is 66.3 Å². The van der Waals surface area contributed by atoms with Gasteiger partial charge in [0.25, 0.3) is 0 Å². The van der Waals surface area contributed by atoms with E-state index < -0.39 is 0 Å². The number of amides is 1. The van der Waals surface area contributed by atoms with Gasteiger partial charge in [-0.15, -0.1) is 6.61 Å². The van der Waals surface area contributed by atoms with Crippen molar-refractivity contribution < 1.29 is 70.8 Å². The van der Waals surface area contributed by atoms with Crippen LogP contribution in [0.1, 0.15) is 75.0 Å². The summed E-state index contributed by atoms with van der Waals surface area (Å²) in [6.07, 6.45) is 5.20. The van der Waals surface area contributed by atoms with E-state index in [9.17, 15) is 9.90 Å². The molecule has 48 heavy (non-hydrogen) atoms. The number of carbonyl (C=O) groups is 1. The Labute approximate surface area is 345 Å². The molecule has 0 fully saturated rings. The van der Waals surface area contributed by atoms with E-state index in [1.807, 2.05) is 6.07 Å². The minimum Gasteiger partial charge on any atom is -0.853 e. The Morgan fingerprint density at radius 2 is 1.77 bits per heavy atom. The zero-order chi connectivity index (χ0) is 34.1. The van der Waals surface area contributed by atoms with E-state index in [1.165, 1.54) is 11.1 Å². The van der Waals surface area contributed by atoms with Gasteiger partial charge in [-0.05, 0) is 97.6 Å². The Morgan fingerprint density at radius 3 is 2.50 bits per heavy atom. The Kier molecular flexibility index (Phi) is 22.1. The van der Waals surface area contributed by atoms with Crippen molar-refractivity contribution in [2.24, 2.45) is 5.41 Å². The number of rotatable bonds is 23. The van der Waals surface area contributed by atoms with E-state index in [2.05, 4.69) is 78.1 Å². The molecular weight excluding hydrogens is 694 g/mol. The van der Waals surface area contributed by atoms with E-state index in [4.69, 9.17) is 32.7 Å². The van der Waals surface area contributed by atoms with E-state index in [1.54, 1.807) is 11.9 Å². The molecule has 2 aromatic carbocycles. The first-order valence-electron chi connectivity index (χ1n) is 16.7. The Balaban J connectivity index is 0.00000800. The number of nitrogens with zero attached hydrogens (tertiary/aromatic N) is 1. The second kappa shape index (κ2) is 24.1. The summed E-state index contributed by atoms with van der Waals surface area (Å²) in [6, 6.07) is 12.5. The van der Waals surface area contributed by atoms with Crippen LogP contribution in [0.2, 0.25) is 10.0 Å². The maximum atomic E-state index is 12.4. The van der Waals surface area contributed by atoms with Gasteiger partial charge in [-0.2, -0.15) is 0 Å². The quantitative estimate of drug-likeness (QED) is 0.0908. The summed E-state index contributed by atoms with van der Waals surface area (Å²) >= 11 is 14.5. The Bertz CT molecular complexity index is 1280. The van der Waals surface area contributed by atoms with Gasteiger partial charge in [-0.3, -0.25) is 9.52 Å². The van der Waals surface area contributed by atoms with E-state index in [-0.39, 0.29) is 75.2 Å². The third-order valence-electron chi connectivity index (χ3n) is 8.55. The molecule has 0 spiro atoms. The van der Waals surface area contributed by atoms with Crippen LogP contribution in [0.15, 0.2) is 53.6 Å². The molecule has 1 heterocycles. The minimum atomic E-state index is -0.154. The number of hydrogen-bond donors (Lipinski definition) is 3. The van der Waals surface area contributed by atoms with Crippen molar-refractivity contribution in [3.05, 3.63) is 75.4 Å². The molecule has 0 saturated carbocycles. The van der Waals surface area contributed by atoms with E-state index in [0.717, 1.165) is 66.4 Å². The summed E-state index contributed by atoms with van der Waals surface area (Å²) in [6.45, 7) is 13.6. The molecule has 2 aromatic rings. The van der Waals surface area contributed by atoms with Gasteiger partial charge < -0.3 is 30.1 Å². The number of carbonyl (C=O) groups excluding carboxylic acids is 1. The molecule has 3 N–H and O–H groups in total. The summed E-state index contributed by atoms with van der Waals surface area (Å²) < 4.78 is 14.7. The van der Waals surface area contributed by atoms with Crippen LogP contribution in [-0.2, 0) is 20.8 Å². The summed E-state index contributed by atoms with van der Waals surface area (Å²) in [7, 11) is 2.12. The van der Waals surface area contributed by atoms with Crippen LogP contribution in [0.4, 0.5) is 0 Å². The van der Waals surface area contributed by atoms with Crippen molar-refractivity contribution in [1.82, 2.24) is 20.3 Å². The van der Waals surface area contributed by atoms with Crippen molar-refractivity contribution in [3.8, 4) is 0 Å². The van der Waals surface area contributed by atoms with E-state index in [0.29, 0.717) is 57.5 Å². The van der Waals surface area contributed by atoms with Crippen molar-refractivity contribution in [1.29, 1.82) is 0 Å². The number of fused-ring (bicyclic) bond motifs is 1. The monoisotopic (exact) mass is 746 g/mol. The van der Waals surface area contributed by atoms with Gasteiger partial charge in [0.2, 0.25) is 5.91 Å². The number of allylic oxidation sites excluding steroid dienone is 1. The fourth-order valence-electron chi connectivity index (χ4n) is 6.01. The third kappa shape index (κ3) is 16.0. The molecule has 2 unspecified atom stereocenters. The first-order valence-corrected chi connectivity index (χ1v) is 18.3. The molecule has 0 radical (unpaired) electrons. The zero-order valence-corrected chi connectivity index (χ0v) is 34.8. The Hall–Kier alpha value is -0.184. The Morgan fingerprint density at radius 1 is 1.04 bits per heavy atom. The molecule has 1 aliphatic heterocycles. The second-order valence-electron chi connectivity index (χ2n) is 12.6. The molecule has 1 aliphatic rings. The molecule has 2 atom stereocenters. The predicted octanol–water partition coefficient (Wildman–Crippen LogP) is 3.15. The van der Waals surface area contributed by atoms with Gasteiger partial charge in [0.05, 0.1) is 26.4 Å². The smallest absolute Gasteiger partial charge is 0.853 e. The molecule has 262 valence electrons. The standard InChI is InChI=1S/C36H53Cl2N4O4S.K/c1-5-11-36(3,12-9-27(2)39-14-17-43)13-10-35(44)40-15-18-45-20-21-46-19-16-41-47-30-8-6-7-28(22-30)32-25-42(4)26-33-31(32)23-29(37)24-34(33)38;/h6-8,22-24,32,39,41H,2,5,9-21,25-26H2,1,3-4H3,(H,40,44);/q-1;+1. The van der Waals surface area contributed by atoms with Crippen LogP contribution in [-0.4, -0.2) is 77.1 Å². The topological polar surface area (TPSA) is 97.9 Å². The average molecular weight is 748 g/mol. The maximum absolute atomic E-state index is 12.4. The minimum absolute atomic E-state index is 0. The molecule has 0 saturated heterocycles. The van der Waals surface area contributed by atoms with Crippen LogP contribution in [0, 0.1) is 5.41 Å². The molecule has 3 rings (SSSR count). The van der Waals surface area contributed by atoms with Crippen LogP contribution in [0.3, 0.4) is 0 Å². The van der Waals surface area contributed by atoms with Crippen molar-refractivity contribution >= 4 is 41.1 Å². The van der Waals surface area contributed by atoms with Crippen LogP contribution in [0.5, 0.6) is 0 Å². The number of benzene rings is 2. The van der Waals surface area contributed by atoms with Gasteiger partial charge in [-0.1, -0.05) is 62.2 Å². The number of ether oxygens (including phenoxy) is 2. The maximum Gasteiger partial charge on any atom is 1.00 e. The fourth-order valence-corrected chi connectivity index (χ4v) is 7.27. The SMILES string of the molecule is C=C(CCC(C)(CCC)CCC(=O)NCCOCCOCCNSc1cccc(C2CN(C)Cc3c(Cl)cc(Cl)cc32)c1)NCC[O-].[K+]. The number of nitrogens with one attached hydrogen (secondary N) is 3. The van der Waals surface area contributed by atoms with Gasteiger partial charge in [0.15, 0.2) is 0 Å². The van der Waals surface area contributed by atoms with Crippen LogP contribution in [0.25, 0.3) is 0 Å². The first kappa shape index (κ1) is 44.0. The second-order valence-corrected chi connectivity index (χ2v) is 14.5. The third-order valence-corrected chi connectivity index (χ3v) is 9.94. The molecule has 0 aliphatic carbocycles. The molecule has 0 aromatic heterocycles. The van der Waals surface area contributed by atoms with Crippen molar-refractivity contribution in [3.63, 3.8) is 0 Å². The number of hydrogen-bond acceptors (Lipinski definition) is 8. The van der Waals surface area contributed by atoms with Gasteiger partial charge in [0, 0.05) is 59.2 Å². The average Bonchev–Trinajstić information content (AvgIpc) is 3.04. The predicted molar refractivity (Wildman–Crippen MR) is 193 cm³/mol. The summed E-state index contributed by atoms with van der Waals surface area (Å²) in [4.78, 5) is 15.9. The molecule has 1 amide bonds. The summed E-state index contributed by atoms with van der Waals surface area (Å²) in [5.41, 5.74) is 4.58. The molecular formula is C36H53Cl2KN4O4S. The number of likely N-dealkylation sites (N-methyl/N-ethyl adjacent to an activating group) is 1. The first-order chi connectivity index (χ1) is 22.6. The van der Waals surface area contributed by atoms with Gasteiger partial charge >= 0.3 is 51.4 Å². The largest absolute Gasteiger partial charge is 1.00 e. The molecule has 12 heteroatoms. The normalized spacial score (nSPS) is 15.7. The summed E-state index contributed by atoms with van der Waals surface area (Å²) in [5, 5.41) is 18.1. The van der Waals surface area contributed by atoms with Gasteiger partial charge in [0.1, 0.15) is 0 Å². The van der Waals surface area contributed by atoms with Crippen LogP contribution < -0.4 is 71.8 Å².